The molecule has 3 heterocycles. The summed E-state index contributed by atoms with van der Waals surface area (Å²) in [6.07, 6.45) is 4.07. The molecular formula is C23H28FN5O2. The molecule has 31 heavy (non-hydrogen) atoms. The molecule has 1 saturated heterocycles. The van der Waals surface area contributed by atoms with E-state index in [0.717, 1.165) is 24.9 Å². The second-order valence-electron chi connectivity index (χ2n) is 8.49. The Morgan fingerprint density at radius 1 is 1.32 bits per heavy atom. The van der Waals surface area contributed by atoms with Gasteiger partial charge in [0.1, 0.15) is 11.6 Å². The predicted molar refractivity (Wildman–Crippen MR) is 117 cm³/mol. The van der Waals surface area contributed by atoms with Crippen molar-refractivity contribution in [2.24, 2.45) is 5.92 Å². The fraction of sp³-hybridized carbons (Fsp3) is 0.435. The highest BCUT2D eigenvalue weighted by Gasteiger charge is 2.28. The molecule has 1 aliphatic rings. The summed E-state index contributed by atoms with van der Waals surface area (Å²) in [5, 5.41) is 17.2. The third-order valence-electron chi connectivity index (χ3n) is 5.67. The van der Waals surface area contributed by atoms with Crippen LogP contribution in [0.4, 0.5) is 10.2 Å². The number of benzene rings is 1. The van der Waals surface area contributed by atoms with E-state index < -0.39 is 0 Å². The first-order valence-electron chi connectivity index (χ1n) is 10.7. The quantitative estimate of drug-likeness (QED) is 0.607. The van der Waals surface area contributed by atoms with Crippen molar-refractivity contribution in [1.82, 2.24) is 19.9 Å². The van der Waals surface area contributed by atoms with Crippen LogP contribution in [0.15, 0.2) is 42.6 Å². The number of amides is 1. The van der Waals surface area contributed by atoms with Crippen molar-refractivity contribution in [3.8, 4) is 0 Å². The highest BCUT2D eigenvalue weighted by Crippen LogP contribution is 2.35. The zero-order valence-corrected chi connectivity index (χ0v) is 17.8. The maximum Gasteiger partial charge on any atom is 0.271 e. The van der Waals surface area contributed by atoms with Crippen LogP contribution in [0.3, 0.4) is 0 Å². The van der Waals surface area contributed by atoms with Gasteiger partial charge in [0.25, 0.3) is 5.91 Å². The zero-order valence-electron chi connectivity index (χ0n) is 17.8. The van der Waals surface area contributed by atoms with E-state index in [1.54, 1.807) is 12.1 Å². The largest absolute Gasteiger partial charge is 0.394 e. The molecule has 4 rings (SSSR count). The van der Waals surface area contributed by atoms with Crippen LogP contribution in [0.1, 0.15) is 55.2 Å². The van der Waals surface area contributed by atoms with Gasteiger partial charge < -0.3 is 15.3 Å². The molecule has 1 aliphatic heterocycles. The minimum Gasteiger partial charge on any atom is -0.394 e. The van der Waals surface area contributed by atoms with Crippen molar-refractivity contribution in [2.75, 3.05) is 18.1 Å². The van der Waals surface area contributed by atoms with Crippen LogP contribution in [0, 0.1) is 11.7 Å². The van der Waals surface area contributed by atoms with E-state index in [4.69, 9.17) is 5.10 Å². The molecule has 1 fully saturated rings. The van der Waals surface area contributed by atoms with E-state index in [9.17, 15) is 14.3 Å². The van der Waals surface area contributed by atoms with Crippen molar-refractivity contribution in [3.63, 3.8) is 0 Å². The van der Waals surface area contributed by atoms with Crippen LogP contribution >= 0.6 is 0 Å². The Labute approximate surface area is 180 Å². The lowest BCUT2D eigenvalue weighted by Crippen LogP contribution is -2.39. The number of rotatable bonds is 7. The number of carbonyl (C=O) groups is 1. The van der Waals surface area contributed by atoms with Crippen LogP contribution in [0.25, 0.3) is 5.65 Å². The summed E-state index contributed by atoms with van der Waals surface area (Å²) in [6, 6.07) is 10.1. The molecule has 8 heteroatoms. The molecule has 2 N–H and O–H groups in total. The van der Waals surface area contributed by atoms with Crippen molar-refractivity contribution in [1.29, 1.82) is 0 Å². The number of imidazole rings is 1. The van der Waals surface area contributed by atoms with Crippen LogP contribution in [-0.4, -0.2) is 44.8 Å². The Kier molecular flexibility index (Phi) is 6.18. The van der Waals surface area contributed by atoms with Crippen LogP contribution in [-0.2, 0) is 0 Å². The second-order valence-corrected chi connectivity index (χ2v) is 8.49. The summed E-state index contributed by atoms with van der Waals surface area (Å²) in [6.45, 7) is 4.77. The highest BCUT2D eigenvalue weighted by atomic mass is 19.1. The van der Waals surface area contributed by atoms with Gasteiger partial charge in [-0.3, -0.25) is 4.79 Å². The van der Waals surface area contributed by atoms with Crippen LogP contribution in [0.2, 0.25) is 0 Å². The summed E-state index contributed by atoms with van der Waals surface area (Å²) in [5.41, 5.74) is 1.81. The first kappa shape index (κ1) is 21.2. The molecule has 2 atom stereocenters. The number of nitrogens with zero attached hydrogens (tertiary/aromatic N) is 4. The number of anilines is 1. The number of aliphatic hydroxyl groups excluding tert-OH is 1. The average molecular weight is 426 g/mol. The standard InChI is InChI=1S/C23H28FN5O2/c1-15(2)11-18(14-30)26-23(31)20-13-25-21-8-9-22(27-29(20)21)28-10-4-7-19(28)16-5-3-6-17(24)12-16/h3,5-6,8-9,12-13,15,18-19,30H,4,7,10-11,14H2,1-2H3,(H,26,31)/t18-,19?/m0/s1. The average Bonchev–Trinajstić information content (AvgIpc) is 3.39. The lowest BCUT2D eigenvalue weighted by molar-refractivity contribution is 0.0901. The second kappa shape index (κ2) is 9.01. The number of hydrogen-bond donors (Lipinski definition) is 2. The van der Waals surface area contributed by atoms with Crippen LogP contribution < -0.4 is 10.2 Å². The van der Waals surface area contributed by atoms with E-state index >= 15 is 0 Å². The first-order chi connectivity index (χ1) is 15.0. The summed E-state index contributed by atoms with van der Waals surface area (Å²) < 4.78 is 15.3. The summed E-state index contributed by atoms with van der Waals surface area (Å²) in [7, 11) is 0. The summed E-state index contributed by atoms with van der Waals surface area (Å²) in [4.78, 5) is 19.3. The molecule has 164 valence electrons. The molecule has 1 unspecified atom stereocenters. The van der Waals surface area contributed by atoms with Gasteiger partial charge in [0.05, 0.1) is 24.9 Å². The first-order valence-corrected chi connectivity index (χ1v) is 10.7. The molecule has 0 bridgehead atoms. The molecule has 1 aromatic carbocycles. The molecular weight excluding hydrogens is 397 g/mol. The van der Waals surface area contributed by atoms with Gasteiger partial charge in [-0.15, -0.1) is 5.10 Å². The Morgan fingerprint density at radius 3 is 2.90 bits per heavy atom. The lowest BCUT2D eigenvalue weighted by atomic mass is 10.0. The van der Waals surface area contributed by atoms with Crippen molar-refractivity contribution >= 4 is 17.4 Å². The minimum absolute atomic E-state index is 0.0336. The molecule has 2 aromatic heterocycles. The Balaban J connectivity index is 1.61. The topological polar surface area (TPSA) is 82.8 Å². The highest BCUT2D eigenvalue weighted by molar-refractivity contribution is 5.93. The van der Waals surface area contributed by atoms with Crippen molar-refractivity contribution in [3.05, 3.63) is 59.7 Å². The van der Waals surface area contributed by atoms with Crippen LogP contribution in [0.5, 0.6) is 0 Å². The fourth-order valence-corrected chi connectivity index (χ4v) is 4.28. The van der Waals surface area contributed by atoms with Gasteiger partial charge in [0.2, 0.25) is 0 Å². The van der Waals surface area contributed by atoms with Crippen molar-refractivity contribution < 1.29 is 14.3 Å². The third-order valence-corrected chi connectivity index (χ3v) is 5.67. The Morgan fingerprint density at radius 2 is 2.16 bits per heavy atom. The molecule has 3 aromatic rings. The van der Waals surface area contributed by atoms with E-state index in [1.807, 2.05) is 32.0 Å². The number of carbonyl (C=O) groups excluding carboxylic acids is 1. The van der Waals surface area contributed by atoms with Crippen molar-refractivity contribution in [2.45, 2.75) is 45.2 Å². The van der Waals surface area contributed by atoms with Gasteiger partial charge in [0, 0.05) is 6.54 Å². The number of hydrogen-bond acceptors (Lipinski definition) is 5. The van der Waals surface area contributed by atoms with E-state index in [0.29, 0.717) is 29.5 Å². The zero-order chi connectivity index (χ0) is 22.0. The van der Waals surface area contributed by atoms with E-state index in [-0.39, 0.29) is 30.4 Å². The normalized spacial score (nSPS) is 17.5. The maximum absolute atomic E-state index is 13.8. The Hall–Kier alpha value is -3.00. The molecule has 0 spiro atoms. The number of fused-ring (bicyclic) bond motifs is 1. The monoisotopic (exact) mass is 425 g/mol. The number of halogens is 1. The molecule has 1 amide bonds. The van der Waals surface area contributed by atoms with Gasteiger partial charge in [-0.2, -0.15) is 0 Å². The summed E-state index contributed by atoms with van der Waals surface area (Å²) in [5.74, 6) is 0.493. The third kappa shape index (κ3) is 4.54. The van der Waals surface area contributed by atoms with E-state index in [1.165, 1.54) is 16.8 Å². The van der Waals surface area contributed by atoms with Gasteiger partial charge in [0.15, 0.2) is 11.3 Å². The number of nitrogens with one attached hydrogen (secondary N) is 1. The molecule has 0 radical (unpaired) electrons. The van der Waals surface area contributed by atoms with Gasteiger partial charge >= 0.3 is 0 Å². The number of aliphatic hydroxyl groups is 1. The molecule has 0 aliphatic carbocycles. The lowest BCUT2D eigenvalue weighted by Gasteiger charge is -2.26. The van der Waals surface area contributed by atoms with Gasteiger partial charge in [-0.1, -0.05) is 26.0 Å². The van der Waals surface area contributed by atoms with E-state index in [2.05, 4.69) is 15.2 Å². The van der Waals surface area contributed by atoms with Gasteiger partial charge in [-0.25, -0.2) is 13.9 Å². The summed E-state index contributed by atoms with van der Waals surface area (Å²) >= 11 is 0. The smallest absolute Gasteiger partial charge is 0.271 e. The molecule has 0 saturated carbocycles. The SMILES string of the molecule is CC(C)C[C@@H](CO)NC(=O)c1cnc2ccc(N3CCCC3c3cccc(F)c3)nn12. The molecule has 7 nitrogen and oxygen atoms in total. The fourth-order valence-electron chi connectivity index (χ4n) is 4.28. The Bertz CT molecular complexity index is 1070. The maximum atomic E-state index is 13.8. The predicted octanol–water partition coefficient (Wildman–Crippen LogP) is 3.35. The number of aromatic nitrogens is 3. The minimum atomic E-state index is -0.322. The van der Waals surface area contributed by atoms with Gasteiger partial charge in [-0.05, 0) is 55.0 Å².